The summed E-state index contributed by atoms with van der Waals surface area (Å²) in [4.78, 5) is 26.5. The second-order valence-electron chi connectivity index (χ2n) is 7.01. The van der Waals surface area contributed by atoms with E-state index in [1.807, 2.05) is 26.0 Å². The highest BCUT2D eigenvalue weighted by Gasteiger charge is 2.33. The average Bonchev–Trinajstić information content (AvgIpc) is 3.09. The number of hydrogen-bond donors (Lipinski definition) is 1. The summed E-state index contributed by atoms with van der Waals surface area (Å²) in [6, 6.07) is 3.74. The minimum Gasteiger partial charge on any atom is -0.443 e. The average molecular weight is 353 g/mol. The van der Waals surface area contributed by atoms with Gasteiger partial charge in [0.15, 0.2) is 0 Å². The monoisotopic (exact) mass is 353 g/mol. The second-order valence-corrected chi connectivity index (χ2v) is 8.04. The van der Waals surface area contributed by atoms with Crippen molar-refractivity contribution in [1.29, 1.82) is 0 Å². The summed E-state index contributed by atoms with van der Waals surface area (Å²) in [7, 11) is 0. The molecule has 0 saturated carbocycles. The quantitative estimate of drug-likeness (QED) is 0.901. The van der Waals surface area contributed by atoms with Gasteiger partial charge >= 0.3 is 6.09 Å². The van der Waals surface area contributed by atoms with E-state index in [1.54, 1.807) is 32.5 Å². The van der Waals surface area contributed by atoms with Crippen LogP contribution in [0.4, 0.5) is 4.79 Å². The molecule has 0 aliphatic carbocycles. The van der Waals surface area contributed by atoms with Crippen molar-refractivity contribution in [3.8, 4) is 0 Å². The summed E-state index contributed by atoms with van der Waals surface area (Å²) in [6.45, 7) is 10.3. The van der Waals surface area contributed by atoms with E-state index < -0.39 is 11.7 Å². The molecular formula is C17H27N3O3S. The molecule has 0 spiro atoms. The van der Waals surface area contributed by atoms with Crippen LogP contribution in [0.15, 0.2) is 12.1 Å². The number of nitrogens with one attached hydrogen (secondary N) is 1. The third kappa shape index (κ3) is 4.77. The summed E-state index contributed by atoms with van der Waals surface area (Å²) in [5.74, 6) is 1.20. The number of amides is 2. The highest BCUT2D eigenvalue weighted by Crippen LogP contribution is 2.16. The number of imide groups is 1. The molecule has 1 aliphatic heterocycles. The van der Waals surface area contributed by atoms with Crippen molar-refractivity contribution in [1.82, 2.24) is 14.8 Å². The molecule has 24 heavy (non-hydrogen) atoms. The number of hydrogen-bond acceptors (Lipinski definition) is 5. The number of rotatable bonds is 4. The first-order valence-electron chi connectivity index (χ1n) is 8.17. The van der Waals surface area contributed by atoms with Crippen molar-refractivity contribution < 1.29 is 14.3 Å². The van der Waals surface area contributed by atoms with Gasteiger partial charge in [-0.3, -0.25) is 10.1 Å². The standard InChI is InChI=1S/C17H27N3O3S/c1-12-6-7-13(2)19(12)8-9-20(16(22)23-17(3,4)5)15(21)14-10-24-11-18-14/h6-7,14,18H,8-11H2,1-5H3. The molecule has 1 aliphatic rings. The Bertz CT molecular complexity index is 581. The zero-order chi connectivity index (χ0) is 17.9. The first-order chi connectivity index (χ1) is 11.2. The van der Waals surface area contributed by atoms with Crippen molar-refractivity contribution >= 4 is 23.8 Å². The lowest BCUT2D eigenvalue weighted by Gasteiger charge is -2.28. The van der Waals surface area contributed by atoms with Crippen LogP contribution >= 0.6 is 11.8 Å². The fraction of sp³-hybridized carbons (Fsp3) is 0.647. The number of aromatic nitrogens is 1. The van der Waals surface area contributed by atoms with E-state index in [4.69, 9.17) is 4.74 Å². The number of carbonyl (C=O) groups excluding carboxylic acids is 2. The van der Waals surface area contributed by atoms with Gasteiger partial charge in [-0.15, -0.1) is 11.8 Å². The van der Waals surface area contributed by atoms with E-state index in [2.05, 4.69) is 9.88 Å². The van der Waals surface area contributed by atoms with E-state index >= 15 is 0 Å². The van der Waals surface area contributed by atoms with E-state index in [1.165, 1.54) is 4.90 Å². The van der Waals surface area contributed by atoms with Gasteiger partial charge in [-0.25, -0.2) is 9.69 Å². The molecule has 2 heterocycles. The maximum atomic E-state index is 12.7. The molecule has 7 heteroatoms. The summed E-state index contributed by atoms with van der Waals surface area (Å²) in [6.07, 6.45) is -0.575. The van der Waals surface area contributed by atoms with Crippen LogP contribution in [0.5, 0.6) is 0 Å². The van der Waals surface area contributed by atoms with Crippen molar-refractivity contribution in [2.75, 3.05) is 18.2 Å². The number of ether oxygens (including phenoxy) is 1. The third-order valence-corrected chi connectivity index (χ3v) is 4.80. The summed E-state index contributed by atoms with van der Waals surface area (Å²) < 4.78 is 7.53. The van der Waals surface area contributed by atoms with Gasteiger partial charge in [-0.2, -0.15) is 0 Å². The Labute approximate surface area is 147 Å². The zero-order valence-corrected chi connectivity index (χ0v) is 15.9. The van der Waals surface area contributed by atoms with Gasteiger partial charge in [0.25, 0.3) is 0 Å². The molecule has 1 saturated heterocycles. The van der Waals surface area contributed by atoms with Gasteiger partial charge in [0.1, 0.15) is 5.60 Å². The smallest absolute Gasteiger partial charge is 0.417 e. The van der Waals surface area contributed by atoms with Crippen LogP contribution in [0.25, 0.3) is 0 Å². The minimum absolute atomic E-state index is 0.211. The van der Waals surface area contributed by atoms with Crippen LogP contribution < -0.4 is 5.32 Å². The van der Waals surface area contributed by atoms with Crippen LogP contribution in [-0.4, -0.2) is 51.3 Å². The predicted octanol–water partition coefficient (Wildman–Crippen LogP) is 2.53. The van der Waals surface area contributed by atoms with Gasteiger partial charge in [0.2, 0.25) is 5.91 Å². The Morgan fingerprint density at radius 1 is 1.33 bits per heavy atom. The zero-order valence-electron chi connectivity index (χ0n) is 15.1. The molecule has 134 valence electrons. The maximum absolute atomic E-state index is 12.7. The molecule has 0 aromatic carbocycles. The van der Waals surface area contributed by atoms with Crippen LogP contribution in [-0.2, 0) is 16.1 Å². The van der Waals surface area contributed by atoms with E-state index in [-0.39, 0.29) is 11.9 Å². The second kappa shape index (κ2) is 7.61. The Morgan fingerprint density at radius 3 is 2.46 bits per heavy atom. The maximum Gasteiger partial charge on any atom is 0.417 e. The third-order valence-electron chi connectivity index (χ3n) is 3.86. The lowest BCUT2D eigenvalue weighted by molar-refractivity contribution is -0.131. The molecule has 1 atom stereocenters. The Kier molecular flexibility index (Phi) is 5.98. The normalized spacial score (nSPS) is 17.8. The molecular weight excluding hydrogens is 326 g/mol. The van der Waals surface area contributed by atoms with Crippen molar-refractivity contribution in [2.45, 2.75) is 52.8 Å². The first-order valence-corrected chi connectivity index (χ1v) is 9.33. The van der Waals surface area contributed by atoms with Crippen molar-refractivity contribution in [2.24, 2.45) is 0 Å². The molecule has 0 bridgehead atoms. The molecule has 0 radical (unpaired) electrons. The molecule has 1 aromatic rings. The highest BCUT2D eigenvalue weighted by molar-refractivity contribution is 7.99. The molecule has 1 unspecified atom stereocenters. The Morgan fingerprint density at radius 2 is 1.96 bits per heavy atom. The number of carbonyl (C=O) groups is 2. The predicted molar refractivity (Wildman–Crippen MR) is 96.1 cm³/mol. The number of thioether (sulfide) groups is 1. The Balaban J connectivity index is 2.12. The SMILES string of the molecule is Cc1ccc(C)n1CCN(C(=O)OC(C)(C)C)C(=O)C1CSCN1. The molecule has 2 rings (SSSR count). The van der Waals surface area contributed by atoms with Gasteiger partial charge < -0.3 is 9.30 Å². The Hall–Kier alpha value is -1.47. The van der Waals surface area contributed by atoms with Crippen LogP contribution in [0.2, 0.25) is 0 Å². The molecule has 1 aromatic heterocycles. The summed E-state index contributed by atoms with van der Waals surface area (Å²) >= 11 is 1.66. The van der Waals surface area contributed by atoms with Crippen LogP contribution in [0.1, 0.15) is 32.2 Å². The van der Waals surface area contributed by atoms with E-state index in [9.17, 15) is 9.59 Å². The topological polar surface area (TPSA) is 63.6 Å². The summed E-state index contributed by atoms with van der Waals surface area (Å²) in [5.41, 5.74) is 1.59. The van der Waals surface area contributed by atoms with Gasteiger partial charge in [0.05, 0.1) is 12.6 Å². The van der Waals surface area contributed by atoms with Crippen molar-refractivity contribution in [3.05, 3.63) is 23.5 Å². The molecule has 1 N–H and O–H groups in total. The lowest BCUT2D eigenvalue weighted by atomic mass is 10.2. The first kappa shape index (κ1) is 18.9. The highest BCUT2D eigenvalue weighted by atomic mass is 32.2. The van der Waals surface area contributed by atoms with Crippen LogP contribution in [0, 0.1) is 13.8 Å². The summed E-state index contributed by atoms with van der Waals surface area (Å²) in [5, 5.41) is 3.13. The van der Waals surface area contributed by atoms with Gasteiger partial charge in [-0.05, 0) is 46.8 Å². The fourth-order valence-corrected chi connectivity index (χ4v) is 3.54. The van der Waals surface area contributed by atoms with E-state index in [0.717, 1.165) is 17.3 Å². The van der Waals surface area contributed by atoms with Gasteiger partial charge in [-0.1, -0.05) is 0 Å². The fourth-order valence-electron chi connectivity index (χ4n) is 2.60. The molecule has 2 amide bonds. The number of nitrogens with zero attached hydrogens (tertiary/aromatic N) is 2. The van der Waals surface area contributed by atoms with E-state index in [0.29, 0.717) is 18.8 Å². The lowest BCUT2D eigenvalue weighted by Crippen LogP contribution is -2.50. The largest absolute Gasteiger partial charge is 0.443 e. The van der Waals surface area contributed by atoms with Gasteiger partial charge in [0, 0.05) is 29.6 Å². The number of aryl methyl sites for hydroxylation is 2. The molecule has 6 nitrogen and oxygen atoms in total. The van der Waals surface area contributed by atoms with Crippen LogP contribution in [0.3, 0.4) is 0 Å². The van der Waals surface area contributed by atoms with Crippen molar-refractivity contribution in [3.63, 3.8) is 0 Å². The minimum atomic E-state index is -0.632. The molecule has 1 fully saturated rings.